The van der Waals surface area contributed by atoms with Crippen molar-refractivity contribution in [2.24, 2.45) is 0 Å². The van der Waals surface area contributed by atoms with E-state index in [9.17, 15) is 17.4 Å². The van der Waals surface area contributed by atoms with Gasteiger partial charge in [0, 0.05) is 12.3 Å². The zero-order chi connectivity index (χ0) is 18.2. The van der Waals surface area contributed by atoms with Gasteiger partial charge in [0.1, 0.15) is 10.8 Å². The zero-order valence-electron chi connectivity index (χ0n) is 12.7. The van der Waals surface area contributed by atoms with Crippen molar-refractivity contribution in [2.75, 3.05) is 7.11 Å². The van der Waals surface area contributed by atoms with Gasteiger partial charge in [-0.3, -0.25) is 9.19 Å². The third-order valence-corrected chi connectivity index (χ3v) is 4.98. The van der Waals surface area contributed by atoms with Gasteiger partial charge in [-0.2, -0.15) is 13.2 Å². The summed E-state index contributed by atoms with van der Waals surface area (Å²) in [6.45, 7) is 0. The molecule has 1 N–H and O–H groups in total. The van der Waals surface area contributed by atoms with E-state index in [0.717, 1.165) is 12.1 Å². The number of H-pyrrole nitrogens is 1. The Morgan fingerprint density at radius 3 is 2.76 bits per heavy atom. The predicted octanol–water partition coefficient (Wildman–Crippen LogP) is 3.95. The van der Waals surface area contributed by atoms with Gasteiger partial charge in [-0.05, 0) is 18.2 Å². The lowest BCUT2D eigenvalue weighted by molar-refractivity contribution is -0.137. The molecule has 0 saturated heterocycles. The standard InChI is InChI=1S/C15H11ClF3N3O2S/c1-24-12-4-5-20-11(13(12)16)7-25(23)14-21-9-3-2-8(15(17,18)19)6-10(9)22-14/h2-6H,7H2,1H3,(H,21,22). The van der Waals surface area contributed by atoms with Gasteiger partial charge in [-0.1, -0.05) is 11.6 Å². The van der Waals surface area contributed by atoms with E-state index < -0.39 is 22.5 Å². The zero-order valence-corrected chi connectivity index (χ0v) is 14.3. The molecule has 0 amide bonds. The number of ether oxygens (including phenoxy) is 1. The molecule has 25 heavy (non-hydrogen) atoms. The van der Waals surface area contributed by atoms with Gasteiger partial charge in [-0.25, -0.2) is 4.98 Å². The first-order chi connectivity index (χ1) is 11.8. The van der Waals surface area contributed by atoms with Crippen LogP contribution in [0.1, 0.15) is 11.3 Å². The summed E-state index contributed by atoms with van der Waals surface area (Å²) in [5, 5.41) is 0.281. The summed E-state index contributed by atoms with van der Waals surface area (Å²) in [4.78, 5) is 10.8. The summed E-state index contributed by atoms with van der Waals surface area (Å²) in [5.41, 5.74) is -0.0156. The molecule has 0 saturated carbocycles. The number of benzene rings is 1. The maximum atomic E-state index is 12.8. The molecule has 0 aliphatic rings. The van der Waals surface area contributed by atoms with E-state index in [1.54, 1.807) is 6.07 Å². The summed E-state index contributed by atoms with van der Waals surface area (Å²) in [7, 11) is -0.222. The number of fused-ring (bicyclic) bond motifs is 1. The number of pyridine rings is 1. The van der Waals surface area contributed by atoms with Gasteiger partial charge < -0.3 is 9.72 Å². The lowest BCUT2D eigenvalue weighted by Crippen LogP contribution is -2.04. The normalized spacial score (nSPS) is 13.2. The molecule has 0 aliphatic carbocycles. The average molecular weight is 390 g/mol. The van der Waals surface area contributed by atoms with Gasteiger partial charge in [0.05, 0.1) is 46.0 Å². The van der Waals surface area contributed by atoms with E-state index in [4.69, 9.17) is 16.3 Å². The molecule has 0 fully saturated rings. The molecule has 2 aromatic heterocycles. The monoisotopic (exact) mass is 389 g/mol. The van der Waals surface area contributed by atoms with E-state index in [1.807, 2.05) is 0 Å². The lowest BCUT2D eigenvalue weighted by atomic mass is 10.2. The number of hydrogen-bond acceptors (Lipinski definition) is 4. The molecular weight excluding hydrogens is 379 g/mol. The molecule has 3 aromatic rings. The Morgan fingerprint density at radius 2 is 2.08 bits per heavy atom. The minimum absolute atomic E-state index is 0.0509. The molecule has 1 unspecified atom stereocenters. The molecule has 0 bridgehead atoms. The van der Waals surface area contributed by atoms with Crippen molar-refractivity contribution in [3.8, 4) is 5.75 Å². The quantitative estimate of drug-likeness (QED) is 0.733. The lowest BCUT2D eigenvalue weighted by Gasteiger charge is -2.06. The Bertz CT molecular complexity index is 959. The van der Waals surface area contributed by atoms with Crippen molar-refractivity contribution in [3.63, 3.8) is 0 Å². The van der Waals surface area contributed by atoms with E-state index in [2.05, 4.69) is 15.0 Å². The number of methoxy groups -OCH3 is 1. The van der Waals surface area contributed by atoms with Crippen LogP contribution in [0.4, 0.5) is 13.2 Å². The molecule has 5 nitrogen and oxygen atoms in total. The fourth-order valence-corrected chi connectivity index (χ4v) is 3.55. The van der Waals surface area contributed by atoms with Crippen LogP contribution in [0.5, 0.6) is 5.75 Å². The van der Waals surface area contributed by atoms with Crippen molar-refractivity contribution in [1.82, 2.24) is 15.0 Å². The topological polar surface area (TPSA) is 67.9 Å². The van der Waals surface area contributed by atoms with E-state index in [1.165, 1.54) is 19.4 Å². The fourth-order valence-electron chi connectivity index (χ4n) is 2.19. The molecule has 2 heterocycles. The summed E-state index contributed by atoms with van der Waals surface area (Å²) >= 11 is 6.11. The Morgan fingerprint density at radius 1 is 1.32 bits per heavy atom. The largest absolute Gasteiger partial charge is 0.495 e. The molecule has 0 spiro atoms. The van der Waals surface area contributed by atoms with Gasteiger partial charge in [0.15, 0.2) is 5.16 Å². The number of halogens is 4. The number of imidazole rings is 1. The van der Waals surface area contributed by atoms with Crippen LogP contribution in [0.3, 0.4) is 0 Å². The van der Waals surface area contributed by atoms with E-state index in [-0.39, 0.29) is 21.4 Å². The van der Waals surface area contributed by atoms with Crippen molar-refractivity contribution < 1.29 is 22.1 Å². The third-order valence-electron chi connectivity index (χ3n) is 3.42. The molecule has 1 atom stereocenters. The predicted molar refractivity (Wildman–Crippen MR) is 87.0 cm³/mol. The number of nitrogens with one attached hydrogen (secondary N) is 1. The maximum Gasteiger partial charge on any atom is 0.416 e. The Balaban J connectivity index is 1.90. The van der Waals surface area contributed by atoms with Crippen LogP contribution >= 0.6 is 11.6 Å². The van der Waals surface area contributed by atoms with Crippen molar-refractivity contribution in [3.05, 3.63) is 46.7 Å². The highest BCUT2D eigenvalue weighted by atomic mass is 35.5. The number of aromatic nitrogens is 3. The molecule has 3 rings (SSSR count). The van der Waals surface area contributed by atoms with Gasteiger partial charge in [0.2, 0.25) is 0 Å². The summed E-state index contributed by atoms with van der Waals surface area (Å²) in [6.07, 6.45) is -3.00. The number of nitrogens with zero attached hydrogens (tertiary/aromatic N) is 2. The van der Waals surface area contributed by atoms with Crippen molar-refractivity contribution in [1.29, 1.82) is 0 Å². The maximum absolute atomic E-state index is 12.8. The SMILES string of the molecule is COc1ccnc(CS(=O)c2nc3ccc(C(F)(F)F)cc3[nH]2)c1Cl. The van der Waals surface area contributed by atoms with E-state index in [0.29, 0.717) is 17.0 Å². The van der Waals surface area contributed by atoms with Crippen LogP contribution in [0.25, 0.3) is 11.0 Å². The second-order valence-corrected chi connectivity index (χ2v) is 6.78. The highest BCUT2D eigenvalue weighted by Crippen LogP contribution is 2.31. The summed E-state index contributed by atoms with van der Waals surface area (Å²) in [5.74, 6) is 0.338. The summed E-state index contributed by atoms with van der Waals surface area (Å²) in [6, 6.07) is 4.65. The minimum atomic E-state index is -4.46. The first-order valence-corrected chi connectivity index (χ1v) is 8.62. The summed E-state index contributed by atoms with van der Waals surface area (Å²) < 4.78 is 55.8. The van der Waals surface area contributed by atoms with Crippen LogP contribution < -0.4 is 4.74 Å². The molecule has 0 radical (unpaired) electrons. The Hall–Kier alpha value is -2.13. The second-order valence-electron chi connectivity index (χ2n) is 5.04. The first-order valence-electron chi connectivity index (χ1n) is 6.92. The van der Waals surface area contributed by atoms with Crippen LogP contribution in [-0.4, -0.2) is 26.3 Å². The Kier molecular flexibility index (Phi) is 4.70. The fraction of sp³-hybridized carbons (Fsp3) is 0.200. The molecule has 1 aromatic carbocycles. The highest BCUT2D eigenvalue weighted by Gasteiger charge is 2.30. The molecule has 132 valence electrons. The highest BCUT2D eigenvalue weighted by molar-refractivity contribution is 7.84. The van der Waals surface area contributed by atoms with Gasteiger partial charge in [-0.15, -0.1) is 0 Å². The minimum Gasteiger partial charge on any atom is -0.495 e. The smallest absolute Gasteiger partial charge is 0.416 e. The average Bonchev–Trinajstić information content (AvgIpc) is 2.99. The van der Waals surface area contributed by atoms with Crippen molar-refractivity contribution >= 4 is 33.4 Å². The van der Waals surface area contributed by atoms with Crippen LogP contribution in [0, 0.1) is 0 Å². The van der Waals surface area contributed by atoms with Crippen molar-refractivity contribution in [2.45, 2.75) is 17.1 Å². The van der Waals surface area contributed by atoms with Gasteiger partial charge in [0.25, 0.3) is 0 Å². The van der Waals surface area contributed by atoms with Gasteiger partial charge >= 0.3 is 6.18 Å². The van der Waals surface area contributed by atoms with Crippen LogP contribution in [-0.2, 0) is 22.7 Å². The second kappa shape index (κ2) is 6.64. The number of aromatic amines is 1. The molecular formula is C15H11ClF3N3O2S. The van der Waals surface area contributed by atoms with Crippen LogP contribution in [0.15, 0.2) is 35.6 Å². The number of rotatable bonds is 4. The Labute approximate surface area is 147 Å². The molecule has 0 aliphatic heterocycles. The first kappa shape index (κ1) is 17.7. The van der Waals surface area contributed by atoms with Crippen LogP contribution in [0.2, 0.25) is 5.02 Å². The third kappa shape index (κ3) is 3.62. The number of alkyl halides is 3. The number of hydrogen-bond donors (Lipinski definition) is 1. The van der Waals surface area contributed by atoms with E-state index >= 15 is 0 Å². The molecule has 10 heteroatoms.